The first-order valence-electron chi connectivity index (χ1n) is 7.33. The lowest BCUT2D eigenvalue weighted by Gasteiger charge is -2.34. The van der Waals surface area contributed by atoms with Crippen LogP contribution in [0.15, 0.2) is 47.8 Å². The van der Waals surface area contributed by atoms with E-state index in [0.29, 0.717) is 26.2 Å². The van der Waals surface area contributed by atoms with Crippen LogP contribution in [0, 0.1) is 0 Å². The van der Waals surface area contributed by atoms with Crippen LogP contribution in [-0.4, -0.2) is 59.9 Å². The van der Waals surface area contributed by atoms with Gasteiger partial charge in [-0.25, -0.2) is 18.2 Å². The van der Waals surface area contributed by atoms with Crippen molar-refractivity contribution in [3.05, 3.63) is 48.4 Å². The largest absolute Gasteiger partial charge is 0.478 e. The van der Waals surface area contributed by atoms with Gasteiger partial charge in [-0.1, -0.05) is 0 Å². The minimum absolute atomic E-state index is 0.0569. The number of piperazine rings is 1. The Labute approximate surface area is 139 Å². The van der Waals surface area contributed by atoms with Gasteiger partial charge in [-0.3, -0.25) is 4.98 Å². The van der Waals surface area contributed by atoms with Gasteiger partial charge in [0.05, 0.1) is 16.7 Å². The van der Waals surface area contributed by atoms with Crippen molar-refractivity contribution in [3.8, 4) is 0 Å². The van der Waals surface area contributed by atoms with Gasteiger partial charge in [0.25, 0.3) is 0 Å². The number of carbonyl (C=O) groups is 1. The Balaban J connectivity index is 1.72. The standard InChI is InChI=1S/C15H16N4O4S/c20-15(21)12-1-3-13(4-2-12)24(22,23)19-9-7-18(8-10-19)14-11-16-5-6-17-14/h1-6,11H,7-10H2,(H,20,21). The van der Waals surface area contributed by atoms with E-state index >= 15 is 0 Å². The number of sulfonamides is 1. The average molecular weight is 348 g/mol. The summed E-state index contributed by atoms with van der Waals surface area (Å²) in [6, 6.07) is 5.25. The fraction of sp³-hybridized carbons (Fsp3) is 0.267. The van der Waals surface area contributed by atoms with Gasteiger partial charge in [0.15, 0.2) is 0 Å². The molecule has 126 valence electrons. The third-order valence-electron chi connectivity index (χ3n) is 3.85. The Kier molecular flexibility index (Phi) is 4.45. The number of carboxylic acid groups (broad SMARTS) is 1. The molecule has 24 heavy (non-hydrogen) atoms. The molecule has 0 saturated carbocycles. The zero-order valence-corrected chi connectivity index (χ0v) is 13.6. The molecule has 1 aliphatic rings. The lowest BCUT2D eigenvalue weighted by molar-refractivity contribution is 0.0696. The molecule has 0 unspecified atom stereocenters. The fourth-order valence-electron chi connectivity index (χ4n) is 2.53. The number of aromatic carboxylic acids is 1. The van der Waals surface area contributed by atoms with Crippen molar-refractivity contribution >= 4 is 21.8 Å². The maximum absolute atomic E-state index is 12.6. The molecule has 2 heterocycles. The van der Waals surface area contributed by atoms with E-state index in [2.05, 4.69) is 9.97 Å². The van der Waals surface area contributed by atoms with Crippen molar-refractivity contribution in [2.75, 3.05) is 31.1 Å². The molecule has 1 aromatic carbocycles. The number of nitrogens with zero attached hydrogens (tertiary/aromatic N) is 4. The predicted molar refractivity (Wildman–Crippen MR) is 86.4 cm³/mol. The number of hydrogen-bond donors (Lipinski definition) is 1. The summed E-state index contributed by atoms with van der Waals surface area (Å²) in [5, 5.41) is 8.89. The molecule has 1 saturated heterocycles. The molecule has 8 nitrogen and oxygen atoms in total. The van der Waals surface area contributed by atoms with E-state index in [4.69, 9.17) is 5.11 Å². The van der Waals surface area contributed by atoms with Crippen molar-refractivity contribution in [2.24, 2.45) is 0 Å². The zero-order valence-electron chi connectivity index (χ0n) is 12.7. The fourth-order valence-corrected chi connectivity index (χ4v) is 3.95. The van der Waals surface area contributed by atoms with E-state index in [9.17, 15) is 13.2 Å². The van der Waals surface area contributed by atoms with Crippen LogP contribution in [0.4, 0.5) is 5.82 Å². The molecule has 3 rings (SSSR count). The smallest absolute Gasteiger partial charge is 0.335 e. The predicted octanol–water partition coefficient (Wildman–Crippen LogP) is 0.686. The SMILES string of the molecule is O=C(O)c1ccc(S(=O)(=O)N2CCN(c3cnccn3)CC2)cc1. The summed E-state index contributed by atoms with van der Waals surface area (Å²) in [5.41, 5.74) is 0.0569. The molecule has 2 aromatic rings. The topological polar surface area (TPSA) is 104 Å². The molecule has 0 amide bonds. The average Bonchev–Trinajstić information content (AvgIpc) is 2.62. The van der Waals surface area contributed by atoms with Crippen LogP contribution >= 0.6 is 0 Å². The molecule has 9 heteroatoms. The van der Waals surface area contributed by atoms with E-state index in [-0.39, 0.29) is 10.5 Å². The van der Waals surface area contributed by atoms with Gasteiger partial charge in [-0.05, 0) is 24.3 Å². The van der Waals surface area contributed by atoms with Gasteiger partial charge < -0.3 is 10.0 Å². The summed E-state index contributed by atoms with van der Waals surface area (Å²) in [6.07, 6.45) is 4.84. The summed E-state index contributed by atoms with van der Waals surface area (Å²) in [6.45, 7) is 1.70. The second-order valence-corrected chi connectivity index (χ2v) is 7.22. The van der Waals surface area contributed by atoms with Crippen molar-refractivity contribution in [1.29, 1.82) is 0 Å². The van der Waals surface area contributed by atoms with E-state index < -0.39 is 16.0 Å². The van der Waals surface area contributed by atoms with Crippen molar-refractivity contribution in [1.82, 2.24) is 14.3 Å². The normalized spacial score (nSPS) is 16.1. The van der Waals surface area contributed by atoms with E-state index in [1.165, 1.54) is 28.6 Å². The van der Waals surface area contributed by atoms with Crippen LogP contribution in [-0.2, 0) is 10.0 Å². The zero-order chi connectivity index (χ0) is 17.2. The quantitative estimate of drug-likeness (QED) is 0.867. The molecule has 0 radical (unpaired) electrons. The van der Waals surface area contributed by atoms with Crippen LogP contribution < -0.4 is 4.90 Å². The second kappa shape index (κ2) is 6.54. The number of aromatic nitrogens is 2. The van der Waals surface area contributed by atoms with Gasteiger partial charge in [0.2, 0.25) is 10.0 Å². The maximum Gasteiger partial charge on any atom is 0.335 e. The van der Waals surface area contributed by atoms with E-state index in [0.717, 1.165) is 5.82 Å². The van der Waals surface area contributed by atoms with Gasteiger partial charge in [0.1, 0.15) is 5.82 Å². The Hall–Kier alpha value is -2.52. The molecule has 1 N–H and O–H groups in total. The van der Waals surface area contributed by atoms with E-state index in [1.54, 1.807) is 18.6 Å². The highest BCUT2D eigenvalue weighted by molar-refractivity contribution is 7.89. The number of benzene rings is 1. The van der Waals surface area contributed by atoms with Gasteiger partial charge >= 0.3 is 5.97 Å². The first kappa shape index (κ1) is 16.3. The molecule has 1 aromatic heterocycles. The van der Waals surface area contributed by atoms with Crippen LogP contribution in [0.5, 0.6) is 0 Å². The summed E-state index contributed by atoms with van der Waals surface area (Å²) >= 11 is 0. The Morgan fingerprint density at radius 3 is 2.25 bits per heavy atom. The molecular weight excluding hydrogens is 332 g/mol. The molecule has 1 aliphatic heterocycles. The maximum atomic E-state index is 12.6. The molecule has 0 atom stereocenters. The third-order valence-corrected chi connectivity index (χ3v) is 5.76. The van der Waals surface area contributed by atoms with Crippen molar-refractivity contribution in [3.63, 3.8) is 0 Å². The lowest BCUT2D eigenvalue weighted by atomic mass is 10.2. The first-order chi connectivity index (χ1) is 11.5. The molecular formula is C15H16N4O4S. The summed E-state index contributed by atoms with van der Waals surface area (Å²) < 4.78 is 26.7. The van der Waals surface area contributed by atoms with Crippen LogP contribution in [0.3, 0.4) is 0 Å². The highest BCUT2D eigenvalue weighted by Gasteiger charge is 2.29. The molecule has 0 aliphatic carbocycles. The van der Waals surface area contributed by atoms with Crippen LogP contribution in [0.1, 0.15) is 10.4 Å². The Bertz CT molecular complexity index is 816. The minimum Gasteiger partial charge on any atom is -0.478 e. The Morgan fingerprint density at radius 2 is 1.71 bits per heavy atom. The van der Waals surface area contributed by atoms with Crippen molar-refractivity contribution < 1.29 is 18.3 Å². The van der Waals surface area contributed by atoms with Gasteiger partial charge in [0, 0.05) is 38.6 Å². The summed E-state index contributed by atoms with van der Waals surface area (Å²) in [7, 11) is -3.63. The van der Waals surface area contributed by atoms with E-state index in [1.807, 2.05) is 4.90 Å². The number of anilines is 1. The summed E-state index contributed by atoms with van der Waals surface area (Å²) in [4.78, 5) is 21.2. The van der Waals surface area contributed by atoms with Gasteiger partial charge in [-0.2, -0.15) is 4.31 Å². The monoisotopic (exact) mass is 348 g/mol. The second-order valence-electron chi connectivity index (χ2n) is 5.28. The minimum atomic E-state index is -3.63. The first-order valence-corrected chi connectivity index (χ1v) is 8.77. The Morgan fingerprint density at radius 1 is 1.04 bits per heavy atom. The van der Waals surface area contributed by atoms with Crippen molar-refractivity contribution in [2.45, 2.75) is 4.90 Å². The van der Waals surface area contributed by atoms with Gasteiger partial charge in [-0.15, -0.1) is 0 Å². The number of hydrogen-bond acceptors (Lipinski definition) is 6. The molecule has 1 fully saturated rings. The van der Waals surface area contributed by atoms with Crippen LogP contribution in [0.2, 0.25) is 0 Å². The lowest BCUT2D eigenvalue weighted by Crippen LogP contribution is -2.48. The highest BCUT2D eigenvalue weighted by atomic mass is 32.2. The highest BCUT2D eigenvalue weighted by Crippen LogP contribution is 2.20. The molecule has 0 bridgehead atoms. The van der Waals surface area contributed by atoms with Crippen LogP contribution in [0.25, 0.3) is 0 Å². The third kappa shape index (κ3) is 3.22. The summed E-state index contributed by atoms with van der Waals surface area (Å²) in [5.74, 6) is -0.364. The molecule has 0 spiro atoms. The number of carboxylic acids is 1. The number of rotatable bonds is 4.